The van der Waals surface area contributed by atoms with Crippen LogP contribution in [0.25, 0.3) is 0 Å². The SMILES string of the molecule is CCCCOCC(O)CN(C)C1CCCCC1CN. The van der Waals surface area contributed by atoms with Gasteiger partial charge < -0.3 is 20.5 Å². The summed E-state index contributed by atoms with van der Waals surface area (Å²) in [5.74, 6) is 0.590. The van der Waals surface area contributed by atoms with Gasteiger partial charge in [-0.05, 0) is 38.8 Å². The van der Waals surface area contributed by atoms with Gasteiger partial charge in [-0.15, -0.1) is 0 Å². The molecule has 0 aromatic carbocycles. The quantitative estimate of drug-likeness (QED) is 0.626. The Hall–Kier alpha value is -0.160. The number of aliphatic hydroxyl groups is 1. The van der Waals surface area contributed by atoms with Crippen molar-refractivity contribution in [2.75, 3.05) is 33.4 Å². The maximum Gasteiger partial charge on any atom is 0.0900 e. The molecule has 114 valence electrons. The number of rotatable bonds is 9. The zero-order valence-electron chi connectivity index (χ0n) is 12.7. The number of ether oxygens (including phenoxy) is 1. The Morgan fingerprint density at radius 2 is 2.11 bits per heavy atom. The fraction of sp³-hybridized carbons (Fsp3) is 1.00. The van der Waals surface area contributed by atoms with Crippen molar-refractivity contribution in [2.24, 2.45) is 11.7 Å². The first-order chi connectivity index (χ1) is 9.19. The van der Waals surface area contributed by atoms with E-state index in [1.54, 1.807) is 0 Å². The number of likely N-dealkylation sites (N-methyl/N-ethyl adjacent to an activating group) is 1. The second kappa shape index (κ2) is 9.70. The van der Waals surface area contributed by atoms with E-state index in [2.05, 4.69) is 18.9 Å². The van der Waals surface area contributed by atoms with E-state index in [0.717, 1.165) is 26.0 Å². The highest BCUT2D eigenvalue weighted by atomic mass is 16.5. The first-order valence-electron chi connectivity index (χ1n) is 7.85. The van der Waals surface area contributed by atoms with Crippen molar-refractivity contribution in [2.45, 2.75) is 57.6 Å². The van der Waals surface area contributed by atoms with Crippen LogP contribution >= 0.6 is 0 Å². The van der Waals surface area contributed by atoms with Crippen LogP contribution < -0.4 is 5.73 Å². The van der Waals surface area contributed by atoms with Crippen molar-refractivity contribution in [1.82, 2.24) is 4.90 Å². The average Bonchev–Trinajstić information content (AvgIpc) is 2.43. The smallest absolute Gasteiger partial charge is 0.0900 e. The molecule has 0 aromatic rings. The molecular weight excluding hydrogens is 240 g/mol. The summed E-state index contributed by atoms with van der Waals surface area (Å²) in [6.07, 6.45) is 6.85. The molecule has 1 aliphatic rings. The van der Waals surface area contributed by atoms with E-state index >= 15 is 0 Å². The highest BCUT2D eigenvalue weighted by Crippen LogP contribution is 2.27. The van der Waals surface area contributed by atoms with Crippen molar-refractivity contribution in [3.05, 3.63) is 0 Å². The van der Waals surface area contributed by atoms with Gasteiger partial charge in [0.25, 0.3) is 0 Å². The van der Waals surface area contributed by atoms with Crippen molar-refractivity contribution in [1.29, 1.82) is 0 Å². The Labute approximate surface area is 118 Å². The summed E-state index contributed by atoms with van der Waals surface area (Å²) in [5, 5.41) is 10.0. The van der Waals surface area contributed by atoms with Gasteiger partial charge in [0.2, 0.25) is 0 Å². The van der Waals surface area contributed by atoms with Crippen LogP contribution in [0.5, 0.6) is 0 Å². The zero-order valence-corrected chi connectivity index (χ0v) is 12.7. The van der Waals surface area contributed by atoms with Crippen molar-refractivity contribution in [3.63, 3.8) is 0 Å². The highest BCUT2D eigenvalue weighted by Gasteiger charge is 2.28. The molecule has 0 amide bonds. The number of aliphatic hydroxyl groups excluding tert-OH is 1. The second-order valence-electron chi connectivity index (χ2n) is 5.87. The second-order valence-corrected chi connectivity index (χ2v) is 5.87. The molecule has 0 heterocycles. The van der Waals surface area contributed by atoms with E-state index in [1.165, 1.54) is 25.7 Å². The monoisotopic (exact) mass is 272 g/mol. The highest BCUT2D eigenvalue weighted by molar-refractivity contribution is 4.83. The molecule has 1 aliphatic carbocycles. The van der Waals surface area contributed by atoms with E-state index < -0.39 is 0 Å². The van der Waals surface area contributed by atoms with Gasteiger partial charge in [0.15, 0.2) is 0 Å². The summed E-state index contributed by atoms with van der Waals surface area (Å²) in [6, 6.07) is 0.532. The fourth-order valence-corrected chi connectivity index (χ4v) is 3.03. The van der Waals surface area contributed by atoms with E-state index in [9.17, 15) is 5.11 Å². The topological polar surface area (TPSA) is 58.7 Å². The molecule has 1 saturated carbocycles. The standard InChI is InChI=1S/C15H32N2O2/c1-3-4-9-19-12-14(18)11-17(2)15-8-6-5-7-13(15)10-16/h13-15,18H,3-12,16H2,1-2H3. The minimum atomic E-state index is -0.387. The molecule has 1 fully saturated rings. The molecule has 0 radical (unpaired) electrons. The Bertz CT molecular complexity index is 226. The van der Waals surface area contributed by atoms with E-state index in [0.29, 0.717) is 25.1 Å². The Balaban J connectivity index is 2.25. The Morgan fingerprint density at radius 1 is 1.37 bits per heavy atom. The number of nitrogens with zero attached hydrogens (tertiary/aromatic N) is 1. The summed E-state index contributed by atoms with van der Waals surface area (Å²) in [4.78, 5) is 2.28. The van der Waals surface area contributed by atoms with Crippen LogP contribution in [0.3, 0.4) is 0 Å². The lowest BCUT2D eigenvalue weighted by Crippen LogP contribution is -2.46. The molecule has 3 unspecified atom stereocenters. The van der Waals surface area contributed by atoms with E-state index in [-0.39, 0.29) is 6.10 Å². The number of hydrogen-bond donors (Lipinski definition) is 2. The van der Waals surface area contributed by atoms with Crippen molar-refractivity contribution in [3.8, 4) is 0 Å². The average molecular weight is 272 g/mol. The molecule has 3 atom stereocenters. The maximum absolute atomic E-state index is 10.0. The van der Waals surface area contributed by atoms with Crippen LogP contribution in [0.4, 0.5) is 0 Å². The summed E-state index contributed by atoms with van der Waals surface area (Å²) >= 11 is 0. The molecule has 0 saturated heterocycles. The predicted octanol–water partition coefficient (Wildman–Crippen LogP) is 1.61. The molecule has 1 rings (SSSR count). The molecule has 0 aliphatic heterocycles. The Morgan fingerprint density at radius 3 is 2.79 bits per heavy atom. The molecular formula is C15H32N2O2. The summed E-state index contributed by atoms with van der Waals surface area (Å²) in [5.41, 5.74) is 5.86. The maximum atomic E-state index is 10.0. The minimum absolute atomic E-state index is 0.387. The molecule has 0 aromatic heterocycles. The van der Waals surface area contributed by atoms with Gasteiger partial charge in [-0.1, -0.05) is 26.2 Å². The van der Waals surface area contributed by atoms with Gasteiger partial charge in [-0.2, -0.15) is 0 Å². The van der Waals surface area contributed by atoms with Crippen molar-refractivity contribution >= 4 is 0 Å². The lowest BCUT2D eigenvalue weighted by Gasteiger charge is -2.38. The third-order valence-corrected chi connectivity index (χ3v) is 4.19. The molecule has 3 N–H and O–H groups in total. The molecule has 4 nitrogen and oxygen atoms in total. The van der Waals surface area contributed by atoms with Gasteiger partial charge in [-0.3, -0.25) is 0 Å². The van der Waals surface area contributed by atoms with Crippen LogP contribution in [0, 0.1) is 5.92 Å². The van der Waals surface area contributed by atoms with Crippen molar-refractivity contribution < 1.29 is 9.84 Å². The molecule has 0 spiro atoms. The zero-order chi connectivity index (χ0) is 14.1. The van der Waals surface area contributed by atoms with Gasteiger partial charge in [-0.25, -0.2) is 0 Å². The number of nitrogens with two attached hydrogens (primary N) is 1. The van der Waals surface area contributed by atoms with Crippen LogP contribution in [-0.4, -0.2) is 55.5 Å². The predicted molar refractivity (Wildman–Crippen MR) is 79.2 cm³/mol. The van der Waals surface area contributed by atoms with Gasteiger partial charge in [0, 0.05) is 19.2 Å². The summed E-state index contributed by atoms with van der Waals surface area (Å²) < 4.78 is 5.48. The van der Waals surface area contributed by atoms with Crippen LogP contribution in [-0.2, 0) is 4.74 Å². The minimum Gasteiger partial charge on any atom is -0.389 e. The fourth-order valence-electron chi connectivity index (χ4n) is 3.03. The van der Waals surface area contributed by atoms with Crippen LogP contribution in [0.2, 0.25) is 0 Å². The lowest BCUT2D eigenvalue weighted by atomic mass is 9.83. The van der Waals surface area contributed by atoms with Gasteiger partial charge in [0.05, 0.1) is 12.7 Å². The van der Waals surface area contributed by atoms with Gasteiger partial charge in [0.1, 0.15) is 0 Å². The van der Waals surface area contributed by atoms with Crippen LogP contribution in [0.15, 0.2) is 0 Å². The summed E-state index contributed by atoms with van der Waals surface area (Å²) in [7, 11) is 2.11. The first-order valence-corrected chi connectivity index (χ1v) is 7.85. The number of unbranched alkanes of at least 4 members (excludes halogenated alkanes) is 1. The normalized spacial score (nSPS) is 25.7. The first kappa shape index (κ1) is 16.9. The van der Waals surface area contributed by atoms with E-state index in [4.69, 9.17) is 10.5 Å². The third kappa shape index (κ3) is 6.21. The summed E-state index contributed by atoms with van der Waals surface area (Å²) in [6.45, 7) is 4.80. The van der Waals surface area contributed by atoms with Gasteiger partial charge >= 0.3 is 0 Å². The van der Waals surface area contributed by atoms with Crippen LogP contribution in [0.1, 0.15) is 45.4 Å². The molecule has 4 heteroatoms. The lowest BCUT2D eigenvalue weighted by molar-refractivity contribution is 0.00414. The Kier molecular flexibility index (Phi) is 8.62. The molecule has 19 heavy (non-hydrogen) atoms. The van der Waals surface area contributed by atoms with E-state index in [1.807, 2.05) is 0 Å². The number of hydrogen-bond acceptors (Lipinski definition) is 4. The third-order valence-electron chi connectivity index (χ3n) is 4.19. The molecule has 0 bridgehead atoms. The largest absolute Gasteiger partial charge is 0.389 e.